The van der Waals surface area contributed by atoms with E-state index in [4.69, 9.17) is 9.84 Å². The molecule has 0 atom stereocenters. The van der Waals surface area contributed by atoms with Crippen LogP contribution in [0, 0.1) is 20.2 Å². The van der Waals surface area contributed by atoms with Crippen LogP contribution in [-0.4, -0.2) is 26.8 Å². The Morgan fingerprint density at radius 2 is 1.71 bits per heavy atom. The summed E-state index contributed by atoms with van der Waals surface area (Å²) in [6.45, 7) is 1.17. The summed E-state index contributed by atoms with van der Waals surface area (Å²) in [5, 5.41) is 33.1. The molecule has 0 bridgehead atoms. The molecule has 0 unspecified atom stereocenters. The van der Waals surface area contributed by atoms with Crippen molar-refractivity contribution in [2.24, 2.45) is 0 Å². The minimum atomic E-state index is -1.32. The predicted octanol–water partition coefficient (Wildman–Crippen LogP) is 2.86. The first-order valence-electron chi connectivity index (χ1n) is 7.60. The first kappa shape index (κ1) is 20.0. The third kappa shape index (κ3) is 5.11. The smallest absolute Gasteiger partial charge is 0.352 e. The third-order valence-electron chi connectivity index (χ3n) is 3.31. The molecule has 2 N–H and O–H groups in total. The molecule has 0 aliphatic rings. The lowest BCUT2D eigenvalue weighted by molar-refractivity contribution is -0.394. The van der Waals surface area contributed by atoms with Crippen LogP contribution in [0.2, 0.25) is 0 Å². The summed E-state index contributed by atoms with van der Waals surface area (Å²) in [4.78, 5) is 42.4. The number of amides is 1. The van der Waals surface area contributed by atoms with Crippen molar-refractivity contribution < 1.29 is 29.3 Å². The average molecular weight is 387 g/mol. The van der Waals surface area contributed by atoms with E-state index < -0.39 is 33.1 Å². The molecule has 2 aromatic carbocycles. The molecule has 0 fully saturated rings. The fraction of sp³-hybridized carbons (Fsp3) is 0.0588. The molecule has 11 nitrogen and oxygen atoms in total. The Labute approximate surface area is 157 Å². The first-order valence-corrected chi connectivity index (χ1v) is 7.60. The number of hydrogen-bond donors (Lipinski definition) is 2. The van der Waals surface area contributed by atoms with Gasteiger partial charge in [0.15, 0.2) is 0 Å². The van der Waals surface area contributed by atoms with Crippen molar-refractivity contribution in [2.45, 2.75) is 6.92 Å². The number of carbonyl (C=O) groups is 2. The molecule has 28 heavy (non-hydrogen) atoms. The number of carboxylic acid groups (broad SMARTS) is 1. The van der Waals surface area contributed by atoms with Gasteiger partial charge in [-0.3, -0.25) is 25.0 Å². The van der Waals surface area contributed by atoms with Crippen molar-refractivity contribution in [1.29, 1.82) is 0 Å². The van der Waals surface area contributed by atoms with E-state index in [0.29, 0.717) is 5.56 Å². The van der Waals surface area contributed by atoms with Gasteiger partial charge in [-0.25, -0.2) is 4.79 Å². The Balaban J connectivity index is 2.27. The van der Waals surface area contributed by atoms with E-state index >= 15 is 0 Å². The normalized spacial score (nSPS) is 10.8. The van der Waals surface area contributed by atoms with Gasteiger partial charge < -0.3 is 15.2 Å². The standard InChI is InChI=1S/C17H13N3O8/c1-10(21)18-14(17(22)23)8-11-2-5-13(6-3-11)28-16-7-4-12(19(24)25)9-15(16)20(26)27/h2-9H,1H3,(H,18,21)(H,22,23). The summed E-state index contributed by atoms with van der Waals surface area (Å²) in [5.41, 5.74) is -0.917. The topological polar surface area (TPSA) is 162 Å². The SMILES string of the molecule is CC(=O)NC(=Cc1ccc(Oc2ccc([N+](=O)[O-])cc2[N+](=O)[O-])cc1)C(=O)O. The van der Waals surface area contributed by atoms with Crippen molar-refractivity contribution in [3.05, 3.63) is 74.0 Å². The second-order valence-electron chi connectivity index (χ2n) is 5.38. The molecule has 0 spiro atoms. The number of nitrogens with one attached hydrogen (secondary N) is 1. The summed E-state index contributed by atoms with van der Waals surface area (Å²) in [6, 6.07) is 8.76. The highest BCUT2D eigenvalue weighted by atomic mass is 16.6. The van der Waals surface area contributed by atoms with Crippen LogP contribution in [-0.2, 0) is 9.59 Å². The molecule has 144 valence electrons. The maximum Gasteiger partial charge on any atom is 0.352 e. The van der Waals surface area contributed by atoms with Gasteiger partial charge in [-0.15, -0.1) is 0 Å². The molecule has 0 radical (unpaired) electrons. The van der Waals surface area contributed by atoms with Crippen LogP contribution in [0.1, 0.15) is 12.5 Å². The molecule has 2 rings (SSSR count). The lowest BCUT2D eigenvalue weighted by Crippen LogP contribution is -2.24. The van der Waals surface area contributed by atoms with Gasteiger partial charge in [0.05, 0.1) is 15.9 Å². The van der Waals surface area contributed by atoms with Gasteiger partial charge in [0.1, 0.15) is 11.4 Å². The molecule has 0 aliphatic heterocycles. The quantitative estimate of drug-likeness (QED) is 0.416. The van der Waals surface area contributed by atoms with Gasteiger partial charge in [0, 0.05) is 13.0 Å². The molecule has 0 saturated carbocycles. The van der Waals surface area contributed by atoms with Crippen LogP contribution in [0.25, 0.3) is 6.08 Å². The van der Waals surface area contributed by atoms with Gasteiger partial charge in [-0.1, -0.05) is 12.1 Å². The summed E-state index contributed by atoms with van der Waals surface area (Å²) >= 11 is 0. The van der Waals surface area contributed by atoms with Gasteiger partial charge >= 0.3 is 11.7 Å². The Kier molecular flexibility index (Phi) is 6.01. The lowest BCUT2D eigenvalue weighted by Gasteiger charge is -2.07. The van der Waals surface area contributed by atoms with Crippen LogP contribution in [0.15, 0.2) is 48.2 Å². The highest BCUT2D eigenvalue weighted by molar-refractivity contribution is 5.96. The number of hydrogen-bond acceptors (Lipinski definition) is 7. The molecule has 0 heterocycles. The minimum Gasteiger partial charge on any atom is -0.477 e. The number of carboxylic acids is 1. The van der Waals surface area contributed by atoms with E-state index in [0.717, 1.165) is 18.2 Å². The van der Waals surface area contributed by atoms with Crippen LogP contribution in [0.4, 0.5) is 11.4 Å². The zero-order valence-corrected chi connectivity index (χ0v) is 14.3. The number of nitrogens with zero attached hydrogens (tertiary/aromatic N) is 2. The minimum absolute atomic E-state index is 0.186. The fourth-order valence-electron chi connectivity index (χ4n) is 2.11. The van der Waals surface area contributed by atoms with E-state index in [1.807, 2.05) is 0 Å². The number of benzene rings is 2. The number of carbonyl (C=O) groups excluding carboxylic acids is 1. The Morgan fingerprint density at radius 1 is 1.07 bits per heavy atom. The molecule has 0 saturated heterocycles. The summed E-state index contributed by atoms with van der Waals surface area (Å²) < 4.78 is 5.41. The van der Waals surface area contributed by atoms with Crippen LogP contribution < -0.4 is 10.1 Å². The fourth-order valence-corrected chi connectivity index (χ4v) is 2.11. The maximum absolute atomic E-state index is 11.1. The van der Waals surface area contributed by atoms with Gasteiger partial charge in [-0.2, -0.15) is 0 Å². The number of ether oxygens (including phenoxy) is 1. The highest BCUT2D eigenvalue weighted by Crippen LogP contribution is 2.34. The number of rotatable bonds is 7. The van der Waals surface area contributed by atoms with E-state index in [2.05, 4.69) is 5.32 Å². The zero-order valence-electron chi connectivity index (χ0n) is 14.3. The van der Waals surface area contributed by atoms with Crippen molar-refractivity contribution in [3.8, 4) is 11.5 Å². The molecule has 2 aromatic rings. The second kappa shape index (κ2) is 8.40. The molecular weight excluding hydrogens is 374 g/mol. The Hall–Kier alpha value is -4.28. The largest absolute Gasteiger partial charge is 0.477 e. The van der Waals surface area contributed by atoms with E-state index in [9.17, 15) is 29.8 Å². The van der Waals surface area contributed by atoms with E-state index in [1.165, 1.54) is 37.3 Å². The second-order valence-corrected chi connectivity index (χ2v) is 5.38. The number of non-ortho nitro benzene ring substituents is 1. The predicted molar refractivity (Wildman–Crippen MR) is 95.7 cm³/mol. The van der Waals surface area contributed by atoms with Crippen LogP contribution in [0.5, 0.6) is 11.5 Å². The molecule has 0 aliphatic carbocycles. The van der Waals surface area contributed by atoms with Crippen molar-refractivity contribution in [2.75, 3.05) is 0 Å². The highest BCUT2D eigenvalue weighted by Gasteiger charge is 2.21. The summed E-state index contributed by atoms with van der Waals surface area (Å²) in [5.74, 6) is -1.87. The average Bonchev–Trinajstić information content (AvgIpc) is 2.62. The molecule has 11 heteroatoms. The van der Waals surface area contributed by atoms with Gasteiger partial charge in [-0.05, 0) is 29.8 Å². The van der Waals surface area contributed by atoms with Gasteiger partial charge in [0.2, 0.25) is 11.7 Å². The summed E-state index contributed by atoms with van der Waals surface area (Å²) in [7, 11) is 0. The monoisotopic (exact) mass is 387 g/mol. The third-order valence-corrected chi connectivity index (χ3v) is 3.31. The Morgan fingerprint density at radius 3 is 2.21 bits per heavy atom. The molecular formula is C17H13N3O8. The summed E-state index contributed by atoms with van der Waals surface area (Å²) in [6.07, 6.45) is 1.22. The lowest BCUT2D eigenvalue weighted by atomic mass is 10.2. The van der Waals surface area contributed by atoms with Crippen LogP contribution >= 0.6 is 0 Å². The van der Waals surface area contributed by atoms with Crippen molar-refractivity contribution >= 4 is 29.3 Å². The number of nitro groups is 2. The molecule has 1 amide bonds. The van der Waals surface area contributed by atoms with Crippen molar-refractivity contribution in [1.82, 2.24) is 5.32 Å². The Bertz CT molecular complexity index is 982. The maximum atomic E-state index is 11.1. The number of aliphatic carboxylic acids is 1. The van der Waals surface area contributed by atoms with Crippen molar-refractivity contribution in [3.63, 3.8) is 0 Å². The molecule has 0 aromatic heterocycles. The van der Waals surface area contributed by atoms with E-state index in [1.54, 1.807) is 0 Å². The number of nitro benzene ring substituents is 2. The van der Waals surface area contributed by atoms with Crippen LogP contribution in [0.3, 0.4) is 0 Å². The van der Waals surface area contributed by atoms with Gasteiger partial charge in [0.25, 0.3) is 5.69 Å². The zero-order chi connectivity index (χ0) is 20.8. The first-order chi connectivity index (χ1) is 13.2. The van der Waals surface area contributed by atoms with E-state index in [-0.39, 0.29) is 17.2 Å².